The molecule has 2 nitrogen and oxygen atoms in total. The number of fused-ring (bicyclic) bond motifs is 1. The molecule has 0 radical (unpaired) electrons. The van der Waals surface area contributed by atoms with Crippen molar-refractivity contribution in [3.63, 3.8) is 0 Å². The van der Waals surface area contributed by atoms with Crippen molar-refractivity contribution < 1.29 is 4.74 Å². The fourth-order valence-electron chi connectivity index (χ4n) is 2.94. The molecule has 0 aliphatic carbocycles. The molecule has 0 saturated heterocycles. The molecule has 1 heterocycles. The highest BCUT2D eigenvalue weighted by molar-refractivity contribution is 14.1. The van der Waals surface area contributed by atoms with E-state index in [4.69, 9.17) is 4.74 Å². The van der Waals surface area contributed by atoms with Crippen LogP contribution in [0.1, 0.15) is 22.7 Å². The minimum atomic E-state index is 0.412. The van der Waals surface area contributed by atoms with Crippen LogP contribution in [0.5, 0.6) is 5.75 Å². The summed E-state index contributed by atoms with van der Waals surface area (Å²) >= 11 is 4.71. The van der Waals surface area contributed by atoms with Crippen LogP contribution in [0.15, 0.2) is 36.4 Å². The van der Waals surface area contributed by atoms with Crippen molar-refractivity contribution in [1.29, 1.82) is 0 Å². The molecule has 2 aromatic rings. The van der Waals surface area contributed by atoms with Crippen LogP contribution in [-0.4, -0.2) is 13.7 Å². The Bertz CT molecular complexity index is 634. The number of hydrogen-bond donors (Lipinski definition) is 1. The molecule has 1 atom stereocenters. The second-order valence-corrected chi connectivity index (χ2v) is 7.58. The lowest BCUT2D eigenvalue weighted by molar-refractivity contribution is 0.408. The second kappa shape index (κ2) is 6.83. The molecule has 1 aliphatic rings. The fraction of sp³-hybridized carbons (Fsp3) is 0.294. The third kappa shape index (κ3) is 3.37. The summed E-state index contributed by atoms with van der Waals surface area (Å²) in [4.78, 5) is 0. The first-order valence-electron chi connectivity index (χ1n) is 7.02. The van der Waals surface area contributed by atoms with E-state index in [-0.39, 0.29) is 0 Å². The molecule has 1 aliphatic heterocycles. The number of hydrogen-bond acceptors (Lipinski definition) is 2. The average Bonchev–Trinajstić information content (AvgIpc) is 2.47. The number of ether oxygens (including phenoxy) is 1. The number of nitrogens with one attached hydrogen (secondary N) is 1. The van der Waals surface area contributed by atoms with Crippen molar-refractivity contribution in [2.75, 3.05) is 13.7 Å². The van der Waals surface area contributed by atoms with Gasteiger partial charge in [-0.25, -0.2) is 0 Å². The zero-order valence-electron chi connectivity index (χ0n) is 11.8. The number of halogens is 2. The van der Waals surface area contributed by atoms with E-state index in [0.29, 0.717) is 6.04 Å². The Morgan fingerprint density at radius 2 is 1.90 bits per heavy atom. The third-order valence-electron chi connectivity index (χ3n) is 3.92. The first-order chi connectivity index (χ1) is 10.2. The highest BCUT2D eigenvalue weighted by Gasteiger charge is 2.20. The lowest BCUT2D eigenvalue weighted by atomic mass is 9.90. The molecule has 110 valence electrons. The van der Waals surface area contributed by atoms with Crippen LogP contribution in [0.25, 0.3) is 0 Å². The molecule has 0 unspecified atom stereocenters. The van der Waals surface area contributed by atoms with Crippen LogP contribution in [0.4, 0.5) is 0 Å². The Morgan fingerprint density at radius 1 is 1.19 bits per heavy atom. The summed E-state index contributed by atoms with van der Waals surface area (Å²) in [6.07, 6.45) is 2.15. The van der Waals surface area contributed by atoms with E-state index in [1.165, 1.54) is 23.8 Å². The quantitative estimate of drug-likeness (QED) is 0.628. The Morgan fingerprint density at radius 3 is 2.62 bits per heavy atom. The van der Waals surface area contributed by atoms with E-state index in [9.17, 15) is 0 Å². The van der Waals surface area contributed by atoms with Gasteiger partial charge in [0.15, 0.2) is 0 Å². The highest BCUT2D eigenvalue weighted by atomic mass is 127. The van der Waals surface area contributed by atoms with Crippen molar-refractivity contribution in [3.05, 3.63) is 60.2 Å². The molecule has 1 N–H and O–H groups in total. The van der Waals surface area contributed by atoms with Gasteiger partial charge < -0.3 is 10.1 Å². The van der Waals surface area contributed by atoms with E-state index >= 15 is 0 Å². The topological polar surface area (TPSA) is 21.3 Å². The van der Waals surface area contributed by atoms with Crippen molar-refractivity contribution in [1.82, 2.24) is 5.32 Å². The van der Waals surface area contributed by atoms with Crippen LogP contribution in [0.3, 0.4) is 0 Å². The predicted molar refractivity (Wildman–Crippen MR) is 103 cm³/mol. The monoisotopic (exact) mass is 505 g/mol. The highest BCUT2D eigenvalue weighted by Crippen LogP contribution is 2.31. The Kier molecular flexibility index (Phi) is 5.06. The van der Waals surface area contributed by atoms with Gasteiger partial charge in [0, 0.05) is 6.04 Å². The molecule has 0 saturated carbocycles. The van der Waals surface area contributed by atoms with E-state index in [1.54, 1.807) is 7.11 Å². The zero-order chi connectivity index (χ0) is 14.8. The van der Waals surface area contributed by atoms with Crippen molar-refractivity contribution >= 4 is 45.2 Å². The van der Waals surface area contributed by atoms with Crippen LogP contribution < -0.4 is 10.1 Å². The Hall–Kier alpha value is -0.340. The molecule has 0 amide bonds. The van der Waals surface area contributed by atoms with Gasteiger partial charge in [0.05, 0.1) is 14.3 Å². The van der Waals surface area contributed by atoms with Crippen LogP contribution >= 0.6 is 45.2 Å². The molecule has 2 aromatic carbocycles. The number of benzene rings is 2. The second-order valence-electron chi connectivity index (χ2n) is 5.25. The van der Waals surface area contributed by atoms with Crippen molar-refractivity contribution in [3.8, 4) is 5.75 Å². The maximum atomic E-state index is 5.45. The first kappa shape index (κ1) is 15.6. The summed E-state index contributed by atoms with van der Waals surface area (Å²) in [5.41, 5.74) is 4.29. The first-order valence-corrected chi connectivity index (χ1v) is 9.18. The molecule has 3 rings (SSSR count). The molecule has 0 bridgehead atoms. The summed E-state index contributed by atoms with van der Waals surface area (Å²) in [7, 11) is 1.73. The molecule has 0 aromatic heterocycles. The lowest BCUT2D eigenvalue weighted by Gasteiger charge is -2.27. The Labute approximate surface area is 152 Å². The van der Waals surface area contributed by atoms with Crippen molar-refractivity contribution in [2.45, 2.75) is 18.9 Å². The summed E-state index contributed by atoms with van der Waals surface area (Å²) in [6.45, 7) is 1.06. The van der Waals surface area contributed by atoms with Gasteiger partial charge in [0.2, 0.25) is 0 Å². The van der Waals surface area contributed by atoms with Crippen LogP contribution in [0.2, 0.25) is 0 Å². The van der Waals surface area contributed by atoms with Gasteiger partial charge in [0.1, 0.15) is 5.75 Å². The smallest absolute Gasteiger partial charge is 0.145 e. The van der Waals surface area contributed by atoms with Gasteiger partial charge in [-0.15, -0.1) is 0 Å². The maximum Gasteiger partial charge on any atom is 0.145 e. The van der Waals surface area contributed by atoms with Gasteiger partial charge in [-0.2, -0.15) is 0 Å². The van der Waals surface area contributed by atoms with Gasteiger partial charge in [-0.1, -0.05) is 24.3 Å². The van der Waals surface area contributed by atoms with Gasteiger partial charge in [0.25, 0.3) is 0 Å². The number of rotatable bonds is 3. The fourth-order valence-corrected chi connectivity index (χ4v) is 5.27. The summed E-state index contributed by atoms with van der Waals surface area (Å²) in [5.74, 6) is 0.983. The number of methoxy groups -OCH3 is 1. The van der Waals surface area contributed by atoms with E-state index in [2.05, 4.69) is 86.9 Å². The molecule has 0 fully saturated rings. The van der Waals surface area contributed by atoms with Gasteiger partial charge in [-0.05, 0) is 93.4 Å². The average molecular weight is 505 g/mol. The SMILES string of the molecule is COc1c(I)cc(C[C@@H]2NCCc3ccccc32)cc1I. The van der Waals surface area contributed by atoms with Crippen LogP contribution in [-0.2, 0) is 12.8 Å². The molecular formula is C17H17I2NO. The zero-order valence-corrected chi connectivity index (χ0v) is 16.1. The van der Waals surface area contributed by atoms with Crippen molar-refractivity contribution in [2.24, 2.45) is 0 Å². The van der Waals surface area contributed by atoms with Gasteiger partial charge in [-0.3, -0.25) is 0 Å². The largest absolute Gasteiger partial charge is 0.495 e. The third-order valence-corrected chi connectivity index (χ3v) is 5.52. The van der Waals surface area contributed by atoms with Gasteiger partial charge >= 0.3 is 0 Å². The maximum absolute atomic E-state index is 5.45. The molecule has 0 spiro atoms. The Balaban J connectivity index is 1.88. The van der Waals surface area contributed by atoms with E-state index < -0.39 is 0 Å². The molecular weight excluding hydrogens is 488 g/mol. The molecule has 4 heteroatoms. The van der Waals surface area contributed by atoms with E-state index in [1.807, 2.05) is 0 Å². The predicted octanol–water partition coefficient (Wildman–Crippen LogP) is 4.33. The van der Waals surface area contributed by atoms with E-state index in [0.717, 1.165) is 25.1 Å². The summed E-state index contributed by atoms with van der Waals surface area (Å²) < 4.78 is 7.81. The summed E-state index contributed by atoms with van der Waals surface area (Å²) in [6, 6.07) is 13.7. The standard InChI is InChI=1S/C17H17I2NO/c1-21-17-14(18)8-11(9-15(17)19)10-16-13-5-3-2-4-12(13)6-7-20-16/h2-5,8-9,16,20H,6-7,10H2,1H3/t16-/m0/s1. The molecule has 21 heavy (non-hydrogen) atoms. The lowest BCUT2D eigenvalue weighted by Crippen LogP contribution is -2.31. The van der Waals surface area contributed by atoms with Crippen LogP contribution in [0, 0.1) is 7.14 Å². The summed E-state index contributed by atoms with van der Waals surface area (Å²) in [5, 5.41) is 3.66. The minimum Gasteiger partial charge on any atom is -0.495 e. The normalized spacial score (nSPS) is 17.4. The minimum absolute atomic E-state index is 0.412.